The van der Waals surface area contributed by atoms with E-state index in [9.17, 15) is 9.90 Å². The molecule has 0 fully saturated rings. The number of alkyl carbamates (subject to hydrolysis) is 1. The lowest BCUT2D eigenvalue weighted by atomic mass is 9.91. The average molecular weight is 426 g/mol. The molecule has 7 heteroatoms. The molecule has 1 heterocycles. The van der Waals surface area contributed by atoms with Crippen molar-refractivity contribution < 1.29 is 14.6 Å². The van der Waals surface area contributed by atoms with E-state index in [1.807, 2.05) is 48.5 Å². The minimum absolute atomic E-state index is 0.126. The van der Waals surface area contributed by atoms with Gasteiger partial charge in [0.1, 0.15) is 12.3 Å². The Hall–Kier alpha value is -2.74. The largest absolute Gasteiger partial charge is 0.444 e. The van der Waals surface area contributed by atoms with Gasteiger partial charge in [0.05, 0.1) is 16.5 Å². The lowest BCUT2D eigenvalue weighted by Crippen LogP contribution is -2.54. The van der Waals surface area contributed by atoms with E-state index < -0.39 is 17.9 Å². The van der Waals surface area contributed by atoms with Crippen molar-refractivity contribution in [2.75, 3.05) is 0 Å². The molecule has 0 aliphatic heterocycles. The van der Waals surface area contributed by atoms with Gasteiger partial charge in [0.25, 0.3) is 0 Å². The number of nitrogens with two attached hydrogens (primary N) is 1. The molecule has 0 saturated carbocycles. The van der Waals surface area contributed by atoms with Crippen molar-refractivity contribution in [3.05, 3.63) is 88.4 Å². The van der Waals surface area contributed by atoms with Gasteiger partial charge >= 0.3 is 6.09 Å². The number of amides is 1. The second-order valence-corrected chi connectivity index (χ2v) is 8.21. The first-order chi connectivity index (χ1) is 14.5. The molecule has 158 valence electrons. The Morgan fingerprint density at radius 3 is 2.53 bits per heavy atom. The number of hydrogen-bond donors (Lipinski definition) is 3. The van der Waals surface area contributed by atoms with Gasteiger partial charge in [0.15, 0.2) is 0 Å². The predicted octanol–water partition coefficient (Wildman–Crippen LogP) is 3.95. The fraction of sp³-hybridized carbons (Fsp3) is 0.304. The molecule has 1 aromatic heterocycles. The van der Waals surface area contributed by atoms with E-state index in [4.69, 9.17) is 10.5 Å². The number of nitrogens with one attached hydrogen (secondary N) is 1. The summed E-state index contributed by atoms with van der Waals surface area (Å²) < 4.78 is 5.28. The van der Waals surface area contributed by atoms with Gasteiger partial charge in [-0.25, -0.2) is 4.79 Å². The summed E-state index contributed by atoms with van der Waals surface area (Å²) in [6.07, 6.45) is 2.82. The van der Waals surface area contributed by atoms with Crippen molar-refractivity contribution in [3.63, 3.8) is 0 Å². The maximum absolute atomic E-state index is 12.4. The van der Waals surface area contributed by atoms with Crippen LogP contribution in [0.3, 0.4) is 0 Å². The zero-order valence-electron chi connectivity index (χ0n) is 16.7. The average Bonchev–Trinajstić information content (AvgIpc) is 3.27. The summed E-state index contributed by atoms with van der Waals surface area (Å²) in [5, 5.41) is 13.4. The number of aryl methyl sites for hydroxylation is 1. The Morgan fingerprint density at radius 2 is 1.87 bits per heavy atom. The second-order valence-electron chi connectivity index (χ2n) is 7.24. The highest BCUT2D eigenvalue weighted by molar-refractivity contribution is 7.09. The first-order valence-electron chi connectivity index (χ1n) is 9.94. The highest BCUT2D eigenvalue weighted by Gasteiger charge is 2.32. The van der Waals surface area contributed by atoms with Crippen LogP contribution in [-0.4, -0.2) is 22.3 Å². The van der Waals surface area contributed by atoms with Crippen molar-refractivity contribution in [1.82, 2.24) is 10.3 Å². The highest BCUT2D eigenvalue weighted by Crippen LogP contribution is 2.23. The molecule has 0 radical (unpaired) electrons. The third-order valence-corrected chi connectivity index (χ3v) is 5.60. The summed E-state index contributed by atoms with van der Waals surface area (Å²) >= 11 is 1.41. The van der Waals surface area contributed by atoms with Gasteiger partial charge < -0.3 is 15.6 Å². The van der Waals surface area contributed by atoms with Crippen LogP contribution in [0.15, 0.2) is 72.4 Å². The normalized spacial score (nSPS) is 13.9. The fourth-order valence-electron chi connectivity index (χ4n) is 3.31. The smallest absolute Gasteiger partial charge is 0.409 e. The van der Waals surface area contributed by atoms with Crippen molar-refractivity contribution in [1.29, 1.82) is 0 Å². The minimum Gasteiger partial charge on any atom is -0.444 e. The van der Waals surface area contributed by atoms with Gasteiger partial charge in [-0.05, 0) is 30.4 Å². The molecule has 0 aliphatic carbocycles. The maximum atomic E-state index is 12.4. The van der Waals surface area contributed by atoms with E-state index in [-0.39, 0.29) is 13.0 Å². The number of thiazole rings is 1. The van der Waals surface area contributed by atoms with Crippen LogP contribution < -0.4 is 11.1 Å². The van der Waals surface area contributed by atoms with E-state index in [0.29, 0.717) is 12.0 Å². The lowest BCUT2D eigenvalue weighted by molar-refractivity contribution is 0.0920. The molecule has 0 aliphatic rings. The van der Waals surface area contributed by atoms with E-state index >= 15 is 0 Å². The van der Waals surface area contributed by atoms with Gasteiger partial charge in [-0.3, -0.25) is 10.3 Å². The molecule has 0 spiro atoms. The molecule has 30 heavy (non-hydrogen) atoms. The van der Waals surface area contributed by atoms with Crippen LogP contribution in [0.4, 0.5) is 4.79 Å². The summed E-state index contributed by atoms with van der Waals surface area (Å²) in [5.41, 5.74) is 8.96. The molecule has 6 nitrogen and oxygen atoms in total. The van der Waals surface area contributed by atoms with Crippen molar-refractivity contribution in [2.45, 2.75) is 44.1 Å². The van der Waals surface area contributed by atoms with Gasteiger partial charge in [0, 0.05) is 12.6 Å². The van der Waals surface area contributed by atoms with E-state index in [1.165, 1.54) is 16.9 Å². The minimum atomic E-state index is -1.24. The summed E-state index contributed by atoms with van der Waals surface area (Å²) in [5.74, 6) is 0. The fourth-order valence-corrected chi connectivity index (χ4v) is 3.81. The molecule has 2 atom stereocenters. The Bertz CT molecular complexity index is 891. The SMILES string of the molecule is NC(CC(O)CCCc1ccccc1)(NC(=O)OCc1cncs1)c1ccccc1. The molecule has 4 N–H and O–H groups in total. The van der Waals surface area contributed by atoms with Crippen LogP contribution in [0.1, 0.15) is 35.3 Å². The topological polar surface area (TPSA) is 97.5 Å². The molecule has 3 rings (SSSR count). The zero-order valence-corrected chi connectivity index (χ0v) is 17.6. The monoisotopic (exact) mass is 425 g/mol. The Labute approximate surface area is 180 Å². The van der Waals surface area contributed by atoms with Crippen LogP contribution in [-0.2, 0) is 23.4 Å². The summed E-state index contributed by atoms with van der Waals surface area (Å²) in [6, 6.07) is 19.4. The first-order valence-corrected chi connectivity index (χ1v) is 10.8. The third-order valence-electron chi connectivity index (χ3n) is 4.85. The number of rotatable bonds is 10. The van der Waals surface area contributed by atoms with Gasteiger partial charge in [-0.1, -0.05) is 60.7 Å². The first kappa shape index (κ1) is 22.0. The molecule has 0 bridgehead atoms. The molecule has 2 aromatic carbocycles. The van der Waals surface area contributed by atoms with E-state index in [2.05, 4.69) is 22.4 Å². The molecular weight excluding hydrogens is 398 g/mol. The standard InChI is InChI=1S/C23H27N3O3S/c24-23(19-11-5-2-6-12-19,26-22(28)29-16-21-15-25-17-30-21)14-20(27)13-7-10-18-8-3-1-4-9-18/h1-6,8-9,11-12,15,17,20,27H,7,10,13-14,16,24H2,(H,26,28). The van der Waals surface area contributed by atoms with E-state index in [1.54, 1.807) is 11.7 Å². The van der Waals surface area contributed by atoms with Gasteiger partial charge in [0.2, 0.25) is 0 Å². The lowest BCUT2D eigenvalue weighted by Gasteiger charge is -2.32. The number of carbonyl (C=O) groups excluding carboxylic acids is 1. The third kappa shape index (κ3) is 6.66. The van der Waals surface area contributed by atoms with Crippen molar-refractivity contribution in [2.24, 2.45) is 5.73 Å². The van der Waals surface area contributed by atoms with Crippen LogP contribution >= 0.6 is 11.3 Å². The molecule has 3 aromatic rings. The molecule has 0 saturated heterocycles. The predicted molar refractivity (Wildman–Crippen MR) is 118 cm³/mol. The molecular formula is C23H27N3O3S. The molecule has 1 amide bonds. The number of carbonyl (C=O) groups is 1. The number of nitrogens with zero attached hydrogens (tertiary/aromatic N) is 1. The van der Waals surface area contributed by atoms with Gasteiger partial charge in [-0.15, -0.1) is 11.3 Å². The van der Waals surface area contributed by atoms with Crippen LogP contribution in [0.25, 0.3) is 0 Å². The quantitative estimate of drug-likeness (QED) is 0.427. The number of aliphatic hydroxyl groups is 1. The number of aliphatic hydroxyl groups excluding tert-OH is 1. The number of aromatic nitrogens is 1. The summed E-state index contributed by atoms with van der Waals surface area (Å²) in [6.45, 7) is 0.126. The van der Waals surface area contributed by atoms with Crippen LogP contribution in [0, 0.1) is 0 Å². The van der Waals surface area contributed by atoms with Crippen LogP contribution in [0.5, 0.6) is 0 Å². The van der Waals surface area contributed by atoms with Crippen molar-refractivity contribution in [3.8, 4) is 0 Å². The molecule has 2 unspecified atom stereocenters. The van der Waals surface area contributed by atoms with Gasteiger partial charge in [-0.2, -0.15) is 0 Å². The Balaban J connectivity index is 1.58. The highest BCUT2D eigenvalue weighted by atomic mass is 32.1. The van der Waals surface area contributed by atoms with E-state index in [0.717, 1.165) is 17.7 Å². The Morgan fingerprint density at radius 1 is 1.17 bits per heavy atom. The Kier molecular flexibility index (Phi) is 7.96. The zero-order chi connectivity index (χ0) is 21.2. The summed E-state index contributed by atoms with van der Waals surface area (Å²) in [4.78, 5) is 17.2. The second kappa shape index (κ2) is 10.9. The van der Waals surface area contributed by atoms with Crippen molar-refractivity contribution >= 4 is 17.4 Å². The van der Waals surface area contributed by atoms with Crippen LogP contribution in [0.2, 0.25) is 0 Å². The number of hydrogen-bond acceptors (Lipinski definition) is 6. The number of ether oxygens (including phenoxy) is 1. The maximum Gasteiger partial charge on any atom is 0.409 e. The number of benzene rings is 2. The summed E-state index contributed by atoms with van der Waals surface area (Å²) in [7, 11) is 0.